The fourth-order valence-corrected chi connectivity index (χ4v) is 4.01. The van der Waals surface area contributed by atoms with E-state index < -0.39 is 17.4 Å². The average molecular weight is 317 g/mol. The molecule has 4 nitrogen and oxygen atoms in total. The Morgan fingerprint density at radius 1 is 1.14 bits per heavy atom. The van der Waals surface area contributed by atoms with E-state index in [2.05, 4.69) is 5.32 Å². The van der Waals surface area contributed by atoms with Crippen LogP contribution in [0.3, 0.4) is 0 Å². The van der Waals surface area contributed by atoms with Crippen LogP contribution in [0.15, 0.2) is 0 Å². The van der Waals surface area contributed by atoms with Crippen LogP contribution in [0.1, 0.15) is 64.2 Å². The highest BCUT2D eigenvalue weighted by atomic mass is 19.3. The Labute approximate surface area is 129 Å². The van der Waals surface area contributed by atoms with Gasteiger partial charge in [-0.1, -0.05) is 19.3 Å². The number of amides is 1. The van der Waals surface area contributed by atoms with Crippen LogP contribution in [-0.4, -0.2) is 40.8 Å². The monoisotopic (exact) mass is 317 g/mol. The third-order valence-electron chi connectivity index (χ3n) is 5.64. The predicted molar refractivity (Wildman–Crippen MR) is 76.7 cm³/mol. The Bertz CT molecular complexity index is 426. The third kappa shape index (κ3) is 2.75. The Hall–Kier alpha value is -0.750. The molecule has 1 heterocycles. The lowest BCUT2D eigenvalue weighted by atomic mass is 9.74. The van der Waals surface area contributed by atoms with Gasteiger partial charge in [-0.3, -0.25) is 4.79 Å². The summed E-state index contributed by atoms with van der Waals surface area (Å²) in [5.41, 5.74) is -2.39. The number of carbonyl (C=O) groups excluding carboxylic acids is 1. The highest BCUT2D eigenvalue weighted by Crippen LogP contribution is 2.45. The first-order chi connectivity index (χ1) is 10.4. The van der Waals surface area contributed by atoms with E-state index in [0.29, 0.717) is 25.9 Å². The number of hydrogen-bond donors (Lipinski definition) is 2. The predicted octanol–water partition coefficient (Wildman–Crippen LogP) is 2.53. The topological polar surface area (TPSA) is 58.6 Å². The van der Waals surface area contributed by atoms with E-state index >= 15 is 0 Å². The van der Waals surface area contributed by atoms with Crippen molar-refractivity contribution in [3.8, 4) is 0 Å². The fourth-order valence-electron chi connectivity index (χ4n) is 4.01. The number of rotatable bonds is 3. The molecule has 0 aromatic carbocycles. The lowest BCUT2D eigenvalue weighted by Gasteiger charge is -2.45. The van der Waals surface area contributed by atoms with Gasteiger partial charge in [0.15, 0.2) is 0 Å². The summed E-state index contributed by atoms with van der Waals surface area (Å²) in [5, 5.41) is 12.3. The van der Waals surface area contributed by atoms with Crippen LogP contribution >= 0.6 is 0 Å². The van der Waals surface area contributed by atoms with Crippen molar-refractivity contribution < 1.29 is 23.4 Å². The van der Waals surface area contributed by atoms with Crippen molar-refractivity contribution in [3.05, 3.63) is 0 Å². The molecule has 2 aliphatic carbocycles. The van der Waals surface area contributed by atoms with Crippen LogP contribution in [0.2, 0.25) is 0 Å². The van der Waals surface area contributed by atoms with E-state index in [1.165, 1.54) is 6.42 Å². The summed E-state index contributed by atoms with van der Waals surface area (Å²) < 4.78 is 34.2. The minimum Gasteiger partial charge on any atom is -0.383 e. The van der Waals surface area contributed by atoms with Gasteiger partial charge in [0, 0.05) is 12.6 Å². The van der Waals surface area contributed by atoms with Gasteiger partial charge in [0.25, 0.3) is 5.91 Å². The molecule has 126 valence electrons. The molecular formula is C16H25F2NO3. The largest absolute Gasteiger partial charge is 0.383 e. The molecule has 1 amide bonds. The molecule has 0 radical (unpaired) electrons. The third-order valence-corrected chi connectivity index (χ3v) is 5.64. The molecule has 3 fully saturated rings. The normalized spacial score (nSPS) is 30.6. The molecule has 1 spiro atoms. The second kappa shape index (κ2) is 5.71. The standard InChI is InChI=1S/C16H25F2NO3/c17-16(18,15(21)8-4-9-15)13(20)19-12-5-10-22-14(11-12)6-2-1-3-7-14/h12,21H,1-11H2,(H,19,20). The molecular weight excluding hydrogens is 292 g/mol. The minimum absolute atomic E-state index is 0.00879. The molecule has 0 aromatic heterocycles. The Kier molecular flexibility index (Phi) is 4.18. The van der Waals surface area contributed by atoms with E-state index in [1.807, 2.05) is 0 Å². The van der Waals surface area contributed by atoms with Crippen molar-refractivity contribution in [2.24, 2.45) is 0 Å². The second-order valence-corrected chi connectivity index (χ2v) is 7.21. The van der Waals surface area contributed by atoms with Gasteiger partial charge in [0.2, 0.25) is 0 Å². The molecule has 3 aliphatic rings. The van der Waals surface area contributed by atoms with E-state index in [1.54, 1.807) is 0 Å². The SMILES string of the molecule is O=C(NC1CCOC2(CCCCC2)C1)C(F)(F)C1(O)CCC1. The van der Waals surface area contributed by atoms with Crippen molar-refractivity contribution >= 4 is 5.91 Å². The van der Waals surface area contributed by atoms with Crippen molar-refractivity contribution in [1.82, 2.24) is 5.32 Å². The lowest BCUT2D eigenvalue weighted by molar-refractivity contribution is -0.217. The Morgan fingerprint density at radius 3 is 2.41 bits per heavy atom. The molecule has 6 heteroatoms. The quantitative estimate of drug-likeness (QED) is 0.841. The zero-order valence-electron chi connectivity index (χ0n) is 12.9. The first kappa shape index (κ1) is 16.1. The van der Waals surface area contributed by atoms with Crippen LogP contribution in [0.5, 0.6) is 0 Å². The summed E-state index contributed by atoms with van der Waals surface area (Å²) in [6.07, 6.45) is 6.95. The highest BCUT2D eigenvalue weighted by Gasteiger charge is 2.61. The molecule has 0 aromatic rings. The van der Waals surface area contributed by atoms with E-state index in [0.717, 1.165) is 25.7 Å². The first-order valence-electron chi connectivity index (χ1n) is 8.42. The Morgan fingerprint density at radius 2 is 1.82 bits per heavy atom. The van der Waals surface area contributed by atoms with Crippen LogP contribution in [0.25, 0.3) is 0 Å². The van der Waals surface area contributed by atoms with Crippen molar-refractivity contribution in [3.63, 3.8) is 0 Å². The summed E-state index contributed by atoms with van der Waals surface area (Å²) in [6.45, 7) is 0.501. The summed E-state index contributed by atoms with van der Waals surface area (Å²) >= 11 is 0. The Balaban J connectivity index is 1.61. The van der Waals surface area contributed by atoms with Gasteiger partial charge in [0.05, 0.1) is 5.60 Å². The lowest BCUT2D eigenvalue weighted by Crippen LogP contribution is -2.62. The summed E-state index contributed by atoms with van der Waals surface area (Å²) in [4.78, 5) is 12.0. The zero-order valence-corrected chi connectivity index (χ0v) is 12.9. The first-order valence-corrected chi connectivity index (χ1v) is 8.42. The molecule has 3 rings (SSSR count). The highest BCUT2D eigenvalue weighted by molar-refractivity contribution is 5.85. The number of halogens is 2. The van der Waals surface area contributed by atoms with Crippen molar-refractivity contribution in [2.75, 3.05) is 6.61 Å². The van der Waals surface area contributed by atoms with Gasteiger partial charge in [-0.2, -0.15) is 8.78 Å². The minimum atomic E-state index is -3.71. The van der Waals surface area contributed by atoms with Gasteiger partial charge in [0.1, 0.15) is 5.60 Å². The molecule has 1 aliphatic heterocycles. The molecule has 2 saturated carbocycles. The van der Waals surface area contributed by atoms with Crippen LogP contribution in [-0.2, 0) is 9.53 Å². The summed E-state index contributed by atoms with van der Waals surface area (Å²) in [5.74, 6) is -5.03. The van der Waals surface area contributed by atoms with Crippen LogP contribution < -0.4 is 5.32 Å². The fraction of sp³-hybridized carbons (Fsp3) is 0.938. The number of carbonyl (C=O) groups is 1. The molecule has 2 N–H and O–H groups in total. The molecule has 0 bridgehead atoms. The molecule has 1 atom stereocenters. The van der Waals surface area contributed by atoms with Crippen molar-refractivity contribution in [1.29, 1.82) is 0 Å². The number of hydrogen-bond acceptors (Lipinski definition) is 3. The number of aliphatic hydroxyl groups is 1. The molecule has 1 unspecified atom stereocenters. The molecule has 22 heavy (non-hydrogen) atoms. The van der Waals surface area contributed by atoms with E-state index in [-0.39, 0.29) is 24.5 Å². The molecule has 1 saturated heterocycles. The zero-order chi connectivity index (χ0) is 15.8. The van der Waals surface area contributed by atoms with E-state index in [9.17, 15) is 18.7 Å². The maximum absolute atomic E-state index is 14.1. The maximum atomic E-state index is 14.1. The number of ether oxygens (including phenoxy) is 1. The average Bonchev–Trinajstić information content (AvgIpc) is 2.45. The van der Waals surface area contributed by atoms with Crippen LogP contribution in [0, 0.1) is 0 Å². The second-order valence-electron chi connectivity index (χ2n) is 7.21. The van der Waals surface area contributed by atoms with Crippen LogP contribution in [0.4, 0.5) is 8.78 Å². The summed E-state index contributed by atoms with van der Waals surface area (Å²) in [7, 11) is 0. The van der Waals surface area contributed by atoms with Gasteiger partial charge in [-0.05, 0) is 44.9 Å². The van der Waals surface area contributed by atoms with E-state index in [4.69, 9.17) is 4.74 Å². The number of alkyl halides is 2. The smallest absolute Gasteiger partial charge is 0.352 e. The van der Waals surface area contributed by atoms with Crippen molar-refractivity contribution in [2.45, 2.75) is 87.4 Å². The van der Waals surface area contributed by atoms with Gasteiger partial charge in [-0.15, -0.1) is 0 Å². The van der Waals surface area contributed by atoms with Gasteiger partial charge >= 0.3 is 5.92 Å². The number of nitrogens with one attached hydrogen (secondary N) is 1. The van der Waals surface area contributed by atoms with Gasteiger partial charge < -0.3 is 15.2 Å². The van der Waals surface area contributed by atoms with Gasteiger partial charge in [-0.25, -0.2) is 0 Å². The summed E-state index contributed by atoms with van der Waals surface area (Å²) in [6, 6.07) is -0.283. The maximum Gasteiger partial charge on any atom is 0.352 e.